The number of rotatable bonds is 6. The van der Waals surface area contributed by atoms with Crippen molar-refractivity contribution in [3.8, 4) is 11.3 Å². The third-order valence-corrected chi connectivity index (χ3v) is 6.79. The number of carbonyl (C=O) groups excluding carboxylic acids is 1. The number of carbonyl (C=O) groups is 1. The number of nitrogens with zero attached hydrogens (tertiary/aromatic N) is 2. The van der Waals surface area contributed by atoms with Gasteiger partial charge in [-0.3, -0.25) is 9.78 Å². The number of pyridine rings is 1. The molecule has 0 bridgehead atoms. The molecule has 0 radical (unpaired) electrons. The molecule has 188 valence electrons. The first-order valence-electron chi connectivity index (χ1n) is 11.8. The molecule has 0 unspecified atom stereocenters. The maximum Gasteiger partial charge on any atom is 0.226 e. The predicted molar refractivity (Wildman–Crippen MR) is 147 cm³/mol. The second-order valence-electron chi connectivity index (χ2n) is 9.01. The van der Waals surface area contributed by atoms with Crippen LogP contribution in [0.15, 0.2) is 83.4 Å². The fourth-order valence-corrected chi connectivity index (χ4v) is 4.80. The number of hydrogen-bond acceptors (Lipinski definition) is 4. The molecule has 1 fully saturated rings. The summed E-state index contributed by atoms with van der Waals surface area (Å²) in [5.74, 6) is 0.647. The lowest BCUT2D eigenvalue weighted by molar-refractivity contribution is -0.118. The molecular formula is C28H24ClFN4O2S. The molecule has 2 aromatic carbocycles. The van der Waals surface area contributed by atoms with E-state index in [2.05, 4.69) is 15.6 Å². The maximum atomic E-state index is 13.4. The van der Waals surface area contributed by atoms with E-state index in [0.717, 1.165) is 16.9 Å². The molecule has 1 amide bonds. The number of hydrogen-bond donors (Lipinski definition) is 2. The largest absolute Gasteiger partial charge is 0.459 e. The van der Waals surface area contributed by atoms with Gasteiger partial charge in [-0.1, -0.05) is 31.5 Å². The molecule has 1 aliphatic rings. The molecule has 2 N–H and O–H groups in total. The van der Waals surface area contributed by atoms with E-state index < -0.39 is 0 Å². The monoisotopic (exact) mass is 534 g/mol. The van der Waals surface area contributed by atoms with E-state index in [4.69, 9.17) is 28.2 Å². The average molecular weight is 535 g/mol. The first kappa shape index (κ1) is 24.9. The van der Waals surface area contributed by atoms with Crippen LogP contribution >= 0.6 is 23.8 Å². The molecule has 6 nitrogen and oxygen atoms in total. The first-order valence-corrected chi connectivity index (χ1v) is 12.6. The van der Waals surface area contributed by atoms with Crippen molar-refractivity contribution < 1.29 is 13.6 Å². The minimum atomic E-state index is -0.385. The first-order chi connectivity index (χ1) is 17.8. The highest BCUT2D eigenvalue weighted by Gasteiger charge is 2.42. The van der Waals surface area contributed by atoms with Gasteiger partial charge in [-0.2, -0.15) is 0 Å². The van der Waals surface area contributed by atoms with Crippen molar-refractivity contribution in [2.75, 3.05) is 10.2 Å². The summed E-state index contributed by atoms with van der Waals surface area (Å²) in [5.41, 5.74) is 2.81. The van der Waals surface area contributed by atoms with Crippen LogP contribution in [0.4, 0.5) is 15.8 Å². The summed E-state index contributed by atoms with van der Waals surface area (Å²) in [5, 5.41) is 7.10. The van der Waals surface area contributed by atoms with Gasteiger partial charge in [0.2, 0.25) is 5.91 Å². The maximum absolute atomic E-state index is 13.4. The number of amides is 1. The SMILES string of the molecule is CC(C)C(=O)Nc1ccc(N2C(=S)N[C@@H](c3ccccn3)[C@H]2c2ccc(-c3ccc(F)cc3)o2)cc1Cl. The highest BCUT2D eigenvalue weighted by molar-refractivity contribution is 7.80. The van der Waals surface area contributed by atoms with Crippen LogP contribution in [0.2, 0.25) is 5.02 Å². The van der Waals surface area contributed by atoms with E-state index in [-0.39, 0.29) is 29.7 Å². The molecule has 0 spiro atoms. The summed E-state index contributed by atoms with van der Waals surface area (Å²) in [7, 11) is 0. The van der Waals surface area contributed by atoms with E-state index >= 15 is 0 Å². The summed E-state index contributed by atoms with van der Waals surface area (Å²) in [6.45, 7) is 3.63. The van der Waals surface area contributed by atoms with Gasteiger partial charge in [0.25, 0.3) is 0 Å². The number of nitrogens with one attached hydrogen (secondary N) is 2. The normalized spacial score (nSPS) is 17.2. The van der Waals surface area contributed by atoms with Crippen LogP contribution < -0.4 is 15.5 Å². The number of aromatic nitrogens is 1. The molecule has 0 saturated carbocycles. The number of halogens is 2. The Kier molecular flexibility index (Phi) is 6.95. The van der Waals surface area contributed by atoms with Crippen LogP contribution in [0.25, 0.3) is 11.3 Å². The van der Waals surface area contributed by atoms with Crippen molar-refractivity contribution in [2.24, 2.45) is 5.92 Å². The highest BCUT2D eigenvalue weighted by Crippen LogP contribution is 2.44. The standard InChI is InChI=1S/C28H24ClFN4O2S/c1-16(2)27(35)32-21-11-10-19(15-20(21)29)34-26(25(33-28(34)37)22-5-3-4-14-31-22)24-13-12-23(36-24)17-6-8-18(30)9-7-17/h3-16,25-26H,1-2H3,(H,32,35)(H,33,37)/t25-,26+/m0/s1. The van der Waals surface area contributed by atoms with Gasteiger partial charge in [-0.25, -0.2) is 4.39 Å². The Hall–Kier alpha value is -3.75. The van der Waals surface area contributed by atoms with Gasteiger partial charge in [0.1, 0.15) is 23.4 Å². The smallest absolute Gasteiger partial charge is 0.226 e. The van der Waals surface area contributed by atoms with Gasteiger partial charge in [-0.05, 0) is 78.9 Å². The zero-order valence-corrected chi connectivity index (χ0v) is 21.7. The molecule has 37 heavy (non-hydrogen) atoms. The van der Waals surface area contributed by atoms with Crippen molar-refractivity contribution >= 4 is 46.2 Å². The van der Waals surface area contributed by atoms with Crippen LogP contribution in [0.1, 0.15) is 37.4 Å². The molecule has 4 aromatic rings. The lowest BCUT2D eigenvalue weighted by Gasteiger charge is -2.26. The van der Waals surface area contributed by atoms with Crippen molar-refractivity contribution in [1.82, 2.24) is 10.3 Å². The van der Waals surface area contributed by atoms with Crippen molar-refractivity contribution in [1.29, 1.82) is 0 Å². The van der Waals surface area contributed by atoms with E-state index in [9.17, 15) is 9.18 Å². The second kappa shape index (κ2) is 10.3. The summed E-state index contributed by atoms with van der Waals surface area (Å²) in [6, 6.07) is 20.3. The molecular weight excluding hydrogens is 511 g/mol. The number of anilines is 2. The van der Waals surface area contributed by atoms with Gasteiger partial charge in [0.05, 0.1) is 22.4 Å². The Morgan fingerprint density at radius 2 is 1.92 bits per heavy atom. The van der Waals surface area contributed by atoms with Gasteiger partial charge in [0.15, 0.2) is 5.11 Å². The van der Waals surface area contributed by atoms with E-state index in [1.54, 1.807) is 30.5 Å². The lowest BCUT2D eigenvalue weighted by atomic mass is 10.0. The van der Waals surface area contributed by atoms with Crippen molar-refractivity contribution in [3.63, 3.8) is 0 Å². The third kappa shape index (κ3) is 5.08. The minimum Gasteiger partial charge on any atom is -0.459 e. The third-order valence-electron chi connectivity index (χ3n) is 6.16. The summed E-state index contributed by atoms with van der Waals surface area (Å²) < 4.78 is 19.7. The number of furan rings is 1. The Balaban J connectivity index is 1.54. The van der Waals surface area contributed by atoms with Gasteiger partial charge in [-0.15, -0.1) is 0 Å². The lowest BCUT2D eigenvalue weighted by Crippen LogP contribution is -2.29. The van der Waals surface area contributed by atoms with Crippen molar-refractivity contribution in [3.05, 3.63) is 101 Å². The molecule has 9 heteroatoms. The van der Waals surface area contributed by atoms with Gasteiger partial charge < -0.3 is 20.0 Å². The summed E-state index contributed by atoms with van der Waals surface area (Å²) in [4.78, 5) is 18.7. The molecule has 1 saturated heterocycles. The van der Waals surface area contributed by atoms with Gasteiger partial charge in [0, 0.05) is 23.4 Å². The molecule has 0 aliphatic carbocycles. The Labute approximate surface area is 224 Å². The second-order valence-corrected chi connectivity index (χ2v) is 9.81. The quantitative estimate of drug-likeness (QED) is 0.262. The van der Waals surface area contributed by atoms with E-state index in [1.165, 1.54) is 12.1 Å². The van der Waals surface area contributed by atoms with Crippen molar-refractivity contribution in [2.45, 2.75) is 25.9 Å². The highest BCUT2D eigenvalue weighted by atomic mass is 35.5. The van der Waals surface area contributed by atoms with Crippen LogP contribution in [-0.2, 0) is 4.79 Å². The summed E-state index contributed by atoms with van der Waals surface area (Å²) in [6.07, 6.45) is 1.73. The summed E-state index contributed by atoms with van der Waals surface area (Å²) >= 11 is 12.3. The molecule has 2 aromatic heterocycles. The van der Waals surface area contributed by atoms with Crippen LogP contribution in [0, 0.1) is 11.7 Å². The van der Waals surface area contributed by atoms with Crippen LogP contribution in [0.3, 0.4) is 0 Å². The zero-order chi connectivity index (χ0) is 26.1. The Morgan fingerprint density at radius 3 is 2.59 bits per heavy atom. The average Bonchev–Trinajstić information content (AvgIpc) is 3.51. The minimum absolute atomic E-state index is 0.120. The Bertz CT molecular complexity index is 1440. The van der Waals surface area contributed by atoms with E-state index in [1.807, 2.05) is 55.1 Å². The molecule has 5 rings (SSSR count). The molecule has 3 heterocycles. The van der Waals surface area contributed by atoms with Gasteiger partial charge >= 0.3 is 0 Å². The topological polar surface area (TPSA) is 70.4 Å². The fraction of sp³-hybridized carbons (Fsp3) is 0.179. The Morgan fingerprint density at radius 1 is 1.14 bits per heavy atom. The number of thiocarbonyl (C=S) groups is 1. The predicted octanol–water partition coefficient (Wildman–Crippen LogP) is 6.91. The molecule has 1 aliphatic heterocycles. The van der Waals surface area contributed by atoms with Crippen LogP contribution in [-0.4, -0.2) is 16.0 Å². The van der Waals surface area contributed by atoms with E-state index in [0.29, 0.717) is 27.3 Å². The number of benzene rings is 2. The fourth-order valence-electron chi connectivity index (χ4n) is 4.24. The molecule has 2 atom stereocenters. The van der Waals surface area contributed by atoms with Crippen LogP contribution in [0.5, 0.6) is 0 Å². The zero-order valence-electron chi connectivity index (χ0n) is 20.1.